The van der Waals surface area contributed by atoms with E-state index in [2.05, 4.69) is 6.58 Å². The first-order valence-corrected chi connectivity index (χ1v) is 8.53. The summed E-state index contributed by atoms with van der Waals surface area (Å²) in [6, 6.07) is 0. The van der Waals surface area contributed by atoms with E-state index in [9.17, 15) is 18.3 Å². The zero-order valence-corrected chi connectivity index (χ0v) is 12.6. The number of likely N-dealkylation sites (tertiary alicyclic amines) is 1. The van der Waals surface area contributed by atoms with E-state index >= 15 is 0 Å². The highest BCUT2D eigenvalue weighted by molar-refractivity contribution is 7.89. The number of allylic oxidation sites excluding steroid dienone is 1. The summed E-state index contributed by atoms with van der Waals surface area (Å²) in [5.74, 6) is -0.250. The van der Waals surface area contributed by atoms with Crippen molar-refractivity contribution in [1.82, 2.24) is 4.90 Å². The van der Waals surface area contributed by atoms with E-state index in [0.29, 0.717) is 19.5 Å². The van der Waals surface area contributed by atoms with E-state index in [1.807, 2.05) is 0 Å². The number of rotatable bonds is 7. The van der Waals surface area contributed by atoms with Crippen LogP contribution in [0, 0.1) is 5.41 Å². The van der Waals surface area contributed by atoms with Gasteiger partial charge >= 0.3 is 0 Å². The molecule has 0 aliphatic carbocycles. The summed E-state index contributed by atoms with van der Waals surface area (Å²) >= 11 is 0. The van der Waals surface area contributed by atoms with E-state index in [0.717, 1.165) is 12.8 Å². The van der Waals surface area contributed by atoms with Crippen LogP contribution in [-0.4, -0.2) is 49.8 Å². The molecule has 1 heterocycles. The van der Waals surface area contributed by atoms with Crippen LogP contribution in [0.25, 0.3) is 0 Å². The molecule has 1 saturated heterocycles. The molecule has 1 atom stereocenters. The second-order valence-electron chi connectivity index (χ2n) is 5.54. The number of aliphatic hydroxyl groups excluding tert-OH is 1. The molecule has 1 aliphatic rings. The Kier molecular flexibility index (Phi) is 6.16. The Morgan fingerprint density at radius 3 is 2.75 bits per heavy atom. The molecule has 0 aromatic rings. The molecule has 1 unspecified atom stereocenters. The second-order valence-corrected chi connectivity index (χ2v) is 7.27. The van der Waals surface area contributed by atoms with Gasteiger partial charge in [-0.15, -0.1) is 6.58 Å². The van der Waals surface area contributed by atoms with Crippen LogP contribution in [0.4, 0.5) is 0 Å². The van der Waals surface area contributed by atoms with Gasteiger partial charge in [0.25, 0.3) is 0 Å². The maximum Gasteiger partial charge on any atom is 0.222 e. The summed E-state index contributed by atoms with van der Waals surface area (Å²) in [6.07, 6.45) is 4.56. The molecule has 1 fully saturated rings. The number of hydrogen-bond donors (Lipinski definition) is 2. The summed E-state index contributed by atoms with van der Waals surface area (Å²) < 4.78 is 21.7. The smallest absolute Gasteiger partial charge is 0.222 e. The van der Waals surface area contributed by atoms with Crippen molar-refractivity contribution in [2.75, 3.05) is 25.4 Å². The Labute approximate surface area is 120 Å². The van der Waals surface area contributed by atoms with Crippen molar-refractivity contribution >= 4 is 15.9 Å². The predicted molar refractivity (Wildman–Crippen MR) is 77.4 cm³/mol. The average Bonchev–Trinajstić information content (AvgIpc) is 2.38. The molecule has 116 valence electrons. The number of hydrogen-bond acceptors (Lipinski definition) is 4. The number of primary sulfonamides is 1. The second kappa shape index (κ2) is 7.19. The van der Waals surface area contributed by atoms with Gasteiger partial charge < -0.3 is 10.0 Å². The van der Waals surface area contributed by atoms with Gasteiger partial charge in [-0.2, -0.15) is 0 Å². The van der Waals surface area contributed by atoms with Crippen LogP contribution in [0.2, 0.25) is 0 Å². The average molecular weight is 304 g/mol. The molecule has 20 heavy (non-hydrogen) atoms. The number of aliphatic hydroxyl groups is 1. The molecule has 0 radical (unpaired) electrons. The number of nitrogens with zero attached hydrogens (tertiary/aromatic N) is 1. The van der Waals surface area contributed by atoms with Gasteiger partial charge in [0.2, 0.25) is 15.9 Å². The Morgan fingerprint density at radius 1 is 1.50 bits per heavy atom. The van der Waals surface area contributed by atoms with Crippen molar-refractivity contribution in [3.05, 3.63) is 12.7 Å². The number of carbonyl (C=O) groups excluding carboxylic acids is 1. The van der Waals surface area contributed by atoms with Crippen LogP contribution in [-0.2, 0) is 14.8 Å². The SMILES string of the molecule is C=CCC1(CO)CCCN(C(=O)CCCS(N)(=O)=O)C1. The van der Waals surface area contributed by atoms with E-state index in [4.69, 9.17) is 5.14 Å². The molecule has 0 aromatic carbocycles. The van der Waals surface area contributed by atoms with Crippen molar-refractivity contribution in [2.45, 2.75) is 32.1 Å². The van der Waals surface area contributed by atoms with E-state index < -0.39 is 10.0 Å². The molecule has 3 N–H and O–H groups in total. The van der Waals surface area contributed by atoms with Crippen LogP contribution in [0.1, 0.15) is 32.1 Å². The van der Waals surface area contributed by atoms with Gasteiger partial charge in [-0.25, -0.2) is 13.6 Å². The molecule has 7 heteroatoms. The zero-order chi connectivity index (χ0) is 15.2. The summed E-state index contributed by atoms with van der Waals surface area (Å²) in [5, 5.41) is 14.5. The fourth-order valence-corrected chi connectivity index (χ4v) is 3.22. The lowest BCUT2D eigenvalue weighted by atomic mass is 9.77. The molecule has 0 spiro atoms. The highest BCUT2D eigenvalue weighted by Gasteiger charge is 2.35. The normalized spacial score (nSPS) is 23.6. The van der Waals surface area contributed by atoms with Crippen molar-refractivity contribution in [3.8, 4) is 0 Å². The quantitative estimate of drug-likeness (QED) is 0.658. The van der Waals surface area contributed by atoms with Gasteiger partial charge in [0.1, 0.15) is 0 Å². The zero-order valence-electron chi connectivity index (χ0n) is 11.8. The Hall–Kier alpha value is -0.920. The molecule has 0 bridgehead atoms. The largest absolute Gasteiger partial charge is 0.396 e. The molecule has 1 amide bonds. The van der Waals surface area contributed by atoms with Gasteiger partial charge in [0.15, 0.2) is 0 Å². The Bertz CT molecular complexity index is 449. The molecular formula is C13H24N2O4S. The van der Waals surface area contributed by atoms with Gasteiger partial charge in [0, 0.05) is 24.9 Å². The first-order chi connectivity index (χ1) is 9.32. The van der Waals surface area contributed by atoms with Gasteiger partial charge in [0.05, 0.1) is 12.4 Å². The van der Waals surface area contributed by atoms with Crippen LogP contribution >= 0.6 is 0 Å². The van der Waals surface area contributed by atoms with Gasteiger partial charge in [-0.1, -0.05) is 6.08 Å². The van der Waals surface area contributed by atoms with Crippen LogP contribution < -0.4 is 5.14 Å². The van der Waals surface area contributed by atoms with Crippen LogP contribution in [0.3, 0.4) is 0 Å². The third-order valence-corrected chi connectivity index (χ3v) is 4.60. The predicted octanol–water partition coefficient (Wildman–Crippen LogP) is 0.232. The molecule has 1 rings (SSSR count). The summed E-state index contributed by atoms with van der Waals surface area (Å²) in [5.41, 5.74) is -0.296. The summed E-state index contributed by atoms with van der Waals surface area (Å²) in [4.78, 5) is 13.8. The summed E-state index contributed by atoms with van der Waals surface area (Å²) in [6.45, 7) is 4.89. The van der Waals surface area contributed by atoms with E-state index in [-0.39, 0.29) is 36.5 Å². The van der Waals surface area contributed by atoms with Crippen LogP contribution in [0.15, 0.2) is 12.7 Å². The summed E-state index contributed by atoms with van der Waals surface area (Å²) in [7, 11) is -3.51. The monoisotopic (exact) mass is 304 g/mol. The minimum Gasteiger partial charge on any atom is -0.396 e. The minimum absolute atomic E-state index is 0.0278. The lowest BCUT2D eigenvalue weighted by Crippen LogP contribution is -2.47. The third kappa shape index (κ3) is 5.22. The number of piperidine rings is 1. The fourth-order valence-electron chi connectivity index (χ4n) is 2.67. The van der Waals surface area contributed by atoms with Crippen molar-refractivity contribution in [3.63, 3.8) is 0 Å². The molecular weight excluding hydrogens is 280 g/mol. The van der Waals surface area contributed by atoms with Crippen LogP contribution in [0.5, 0.6) is 0 Å². The lowest BCUT2D eigenvalue weighted by Gasteiger charge is -2.41. The lowest BCUT2D eigenvalue weighted by molar-refractivity contribution is -0.135. The number of amides is 1. The van der Waals surface area contributed by atoms with E-state index in [1.165, 1.54) is 0 Å². The molecule has 0 aromatic heterocycles. The third-order valence-electron chi connectivity index (χ3n) is 3.75. The highest BCUT2D eigenvalue weighted by atomic mass is 32.2. The van der Waals surface area contributed by atoms with Gasteiger partial charge in [-0.3, -0.25) is 4.79 Å². The minimum atomic E-state index is -3.51. The van der Waals surface area contributed by atoms with Crippen molar-refractivity contribution in [1.29, 1.82) is 0 Å². The first-order valence-electron chi connectivity index (χ1n) is 6.82. The number of nitrogens with two attached hydrogens (primary N) is 1. The number of sulfonamides is 1. The molecule has 6 nitrogen and oxygen atoms in total. The molecule has 1 aliphatic heterocycles. The van der Waals surface area contributed by atoms with E-state index in [1.54, 1.807) is 11.0 Å². The number of carbonyl (C=O) groups is 1. The topological polar surface area (TPSA) is 101 Å². The maximum atomic E-state index is 12.1. The van der Waals surface area contributed by atoms with Crippen molar-refractivity contribution < 1.29 is 18.3 Å². The maximum absolute atomic E-state index is 12.1. The van der Waals surface area contributed by atoms with Crippen molar-refractivity contribution in [2.24, 2.45) is 10.6 Å². The highest BCUT2D eigenvalue weighted by Crippen LogP contribution is 2.33. The standard InChI is InChI=1S/C13H24N2O4S/c1-2-6-13(11-16)7-4-8-15(10-13)12(17)5-3-9-20(14,18)19/h2,16H,1,3-11H2,(H2,14,18,19). The fraction of sp³-hybridized carbons (Fsp3) is 0.769. The first kappa shape index (κ1) is 17.1. The molecule has 0 saturated carbocycles. The Morgan fingerprint density at radius 2 is 2.20 bits per heavy atom. The Balaban J connectivity index is 2.53. The van der Waals surface area contributed by atoms with Gasteiger partial charge in [-0.05, 0) is 25.7 Å².